The van der Waals surface area contributed by atoms with E-state index in [1.807, 2.05) is 87.7 Å². The zero-order chi connectivity index (χ0) is 22.3. The highest BCUT2D eigenvalue weighted by Crippen LogP contribution is 2.27. The first kappa shape index (κ1) is 20.6. The topological polar surface area (TPSA) is 68.9 Å². The predicted octanol–water partition coefficient (Wildman–Crippen LogP) is 4.62. The second-order valence-electron chi connectivity index (χ2n) is 7.94. The second-order valence-corrected chi connectivity index (χ2v) is 7.94. The van der Waals surface area contributed by atoms with Crippen molar-refractivity contribution in [2.45, 2.75) is 40.7 Å². The van der Waals surface area contributed by atoms with Crippen LogP contribution in [0.3, 0.4) is 0 Å². The normalized spacial score (nSPS) is 12.2. The number of hydrogen-bond acceptors (Lipinski definition) is 3. The number of nitrogens with one attached hydrogen (secondary N) is 1. The molecule has 31 heavy (non-hydrogen) atoms. The number of para-hydroxylation sites is 1. The Morgan fingerprint density at radius 3 is 2.39 bits per heavy atom. The van der Waals surface area contributed by atoms with Crippen LogP contribution >= 0.6 is 0 Å². The van der Waals surface area contributed by atoms with Gasteiger partial charge in [-0.1, -0.05) is 30.3 Å². The van der Waals surface area contributed by atoms with Gasteiger partial charge in [-0.15, -0.1) is 0 Å². The van der Waals surface area contributed by atoms with E-state index in [0.29, 0.717) is 11.1 Å². The predicted molar refractivity (Wildman–Crippen MR) is 124 cm³/mol. The summed E-state index contributed by atoms with van der Waals surface area (Å²) in [7, 11) is 0. The Morgan fingerprint density at radius 2 is 1.68 bits per heavy atom. The summed E-state index contributed by atoms with van der Waals surface area (Å²) in [5.41, 5.74) is 5.09. The fourth-order valence-electron chi connectivity index (χ4n) is 4.15. The number of rotatable bonds is 4. The molecule has 1 N–H and O–H groups in total. The zero-order valence-corrected chi connectivity index (χ0v) is 18.4. The minimum Gasteiger partial charge on any atom is -0.336 e. The van der Waals surface area contributed by atoms with E-state index in [1.165, 1.54) is 4.68 Å². The molecule has 6 nitrogen and oxygen atoms in total. The molecule has 1 atom stereocenters. The molecule has 1 amide bonds. The smallest absolute Gasteiger partial charge is 0.281 e. The number of anilines is 1. The Labute approximate surface area is 181 Å². The maximum atomic E-state index is 13.3. The van der Waals surface area contributed by atoms with Crippen LogP contribution in [0.1, 0.15) is 35.5 Å². The first-order valence-electron chi connectivity index (χ1n) is 10.3. The number of fused-ring (bicyclic) bond motifs is 1. The van der Waals surface area contributed by atoms with Gasteiger partial charge in [-0.05, 0) is 63.9 Å². The molecule has 0 spiro atoms. The van der Waals surface area contributed by atoms with Crippen LogP contribution in [0, 0.1) is 27.7 Å². The zero-order valence-electron chi connectivity index (χ0n) is 18.4. The summed E-state index contributed by atoms with van der Waals surface area (Å²) in [6.45, 7) is 9.67. The van der Waals surface area contributed by atoms with E-state index >= 15 is 0 Å². The molecule has 158 valence electrons. The highest BCUT2D eigenvalue weighted by Gasteiger charge is 2.24. The molecule has 0 aliphatic carbocycles. The van der Waals surface area contributed by atoms with Crippen molar-refractivity contribution in [2.24, 2.45) is 0 Å². The van der Waals surface area contributed by atoms with Crippen LogP contribution in [0.5, 0.6) is 0 Å². The minimum atomic E-state index is -0.489. The van der Waals surface area contributed by atoms with Gasteiger partial charge in [0.05, 0.1) is 17.3 Å². The number of hydrogen-bond donors (Lipinski definition) is 1. The van der Waals surface area contributed by atoms with Crippen LogP contribution < -0.4 is 10.9 Å². The van der Waals surface area contributed by atoms with Crippen molar-refractivity contribution in [3.63, 3.8) is 0 Å². The Balaban J connectivity index is 1.77. The van der Waals surface area contributed by atoms with E-state index in [0.717, 1.165) is 33.6 Å². The van der Waals surface area contributed by atoms with E-state index in [4.69, 9.17) is 0 Å². The van der Waals surface area contributed by atoms with Crippen molar-refractivity contribution in [2.75, 3.05) is 5.32 Å². The summed E-state index contributed by atoms with van der Waals surface area (Å²) in [6.07, 6.45) is 1.71. The molecule has 0 aliphatic heterocycles. The largest absolute Gasteiger partial charge is 0.336 e. The standard InChI is InChI=1S/C25H26N4O2/c1-15-10-9-13-22(16(15)2)27-24(30)19(5)28-17(3)21-14-26-29(20-11-7-6-8-12-20)25(31)23(21)18(28)4/h6-14,19H,1-5H3,(H,27,30)/t19-/m1/s1. The van der Waals surface area contributed by atoms with Crippen LogP contribution in [0.25, 0.3) is 16.5 Å². The fourth-order valence-corrected chi connectivity index (χ4v) is 4.15. The lowest BCUT2D eigenvalue weighted by Crippen LogP contribution is -2.25. The monoisotopic (exact) mass is 414 g/mol. The summed E-state index contributed by atoms with van der Waals surface area (Å²) in [5, 5.41) is 8.77. The van der Waals surface area contributed by atoms with Crippen LogP contribution in [-0.4, -0.2) is 20.3 Å². The third-order valence-corrected chi connectivity index (χ3v) is 6.08. The van der Waals surface area contributed by atoms with E-state index < -0.39 is 6.04 Å². The molecule has 2 heterocycles. The Bertz CT molecular complexity index is 1350. The van der Waals surface area contributed by atoms with Gasteiger partial charge in [0.15, 0.2) is 0 Å². The van der Waals surface area contributed by atoms with Gasteiger partial charge in [0.25, 0.3) is 5.56 Å². The molecule has 0 bridgehead atoms. The molecule has 2 aromatic carbocycles. The molecule has 0 saturated heterocycles. The number of carbonyl (C=O) groups excluding carboxylic acids is 1. The Morgan fingerprint density at radius 1 is 0.968 bits per heavy atom. The van der Waals surface area contributed by atoms with Crippen molar-refractivity contribution >= 4 is 22.4 Å². The van der Waals surface area contributed by atoms with E-state index in [2.05, 4.69) is 10.4 Å². The molecule has 0 saturated carbocycles. The lowest BCUT2D eigenvalue weighted by Gasteiger charge is -2.19. The Kier molecular flexibility index (Phi) is 5.23. The number of aryl methyl sites for hydroxylation is 3. The third kappa shape index (κ3) is 3.44. The molecule has 0 unspecified atom stereocenters. The molecule has 0 radical (unpaired) electrons. The number of amides is 1. The van der Waals surface area contributed by atoms with Crippen LogP contribution in [-0.2, 0) is 4.79 Å². The highest BCUT2D eigenvalue weighted by molar-refractivity contribution is 5.96. The number of benzene rings is 2. The van der Waals surface area contributed by atoms with Crippen molar-refractivity contribution in [1.29, 1.82) is 0 Å². The molecule has 0 aliphatic rings. The lowest BCUT2D eigenvalue weighted by atomic mass is 10.1. The molecule has 4 rings (SSSR count). The second kappa shape index (κ2) is 7.87. The average molecular weight is 415 g/mol. The average Bonchev–Trinajstić information content (AvgIpc) is 3.02. The fraction of sp³-hybridized carbons (Fsp3) is 0.240. The van der Waals surface area contributed by atoms with Gasteiger partial charge in [-0.25, -0.2) is 0 Å². The summed E-state index contributed by atoms with van der Waals surface area (Å²) in [5.74, 6) is -0.128. The molecule has 4 aromatic rings. The molecule has 2 aromatic heterocycles. The van der Waals surface area contributed by atoms with Gasteiger partial charge in [-0.3, -0.25) is 9.59 Å². The highest BCUT2D eigenvalue weighted by atomic mass is 16.2. The first-order valence-corrected chi connectivity index (χ1v) is 10.3. The minimum absolute atomic E-state index is 0.128. The maximum absolute atomic E-state index is 13.3. The maximum Gasteiger partial charge on any atom is 0.281 e. The SMILES string of the molecule is Cc1cccc(NC(=O)[C@@H](C)n2c(C)c3cnn(-c4ccccc4)c(=O)c3c2C)c1C. The van der Waals surface area contributed by atoms with Gasteiger partial charge in [0.1, 0.15) is 6.04 Å². The number of carbonyl (C=O) groups is 1. The van der Waals surface area contributed by atoms with Crippen molar-refractivity contribution in [1.82, 2.24) is 14.3 Å². The summed E-state index contributed by atoms with van der Waals surface area (Å²) < 4.78 is 3.32. The quantitative estimate of drug-likeness (QED) is 0.530. The van der Waals surface area contributed by atoms with Crippen LogP contribution in [0.4, 0.5) is 5.69 Å². The molecular formula is C25H26N4O2. The first-order chi connectivity index (χ1) is 14.8. The summed E-state index contributed by atoms with van der Waals surface area (Å²) >= 11 is 0. The van der Waals surface area contributed by atoms with Crippen molar-refractivity contribution < 1.29 is 4.79 Å². The van der Waals surface area contributed by atoms with E-state index in [1.54, 1.807) is 6.20 Å². The Hall–Kier alpha value is -3.67. The lowest BCUT2D eigenvalue weighted by molar-refractivity contribution is -0.118. The van der Waals surface area contributed by atoms with Gasteiger partial charge >= 0.3 is 0 Å². The number of aromatic nitrogens is 3. The van der Waals surface area contributed by atoms with Gasteiger partial charge in [0, 0.05) is 22.5 Å². The number of nitrogens with zero attached hydrogens (tertiary/aromatic N) is 3. The summed E-state index contributed by atoms with van der Waals surface area (Å²) in [6, 6.07) is 14.7. The van der Waals surface area contributed by atoms with Crippen LogP contribution in [0.2, 0.25) is 0 Å². The van der Waals surface area contributed by atoms with E-state index in [-0.39, 0.29) is 11.5 Å². The van der Waals surface area contributed by atoms with Gasteiger partial charge in [0.2, 0.25) is 5.91 Å². The van der Waals surface area contributed by atoms with Crippen LogP contribution in [0.15, 0.2) is 59.5 Å². The van der Waals surface area contributed by atoms with Gasteiger partial charge in [-0.2, -0.15) is 9.78 Å². The third-order valence-electron chi connectivity index (χ3n) is 6.08. The van der Waals surface area contributed by atoms with E-state index in [9.17, 15) is 9.59 Å². The molecule has 6 heteroatoms. The van der Waals surface area contributed by atoms with Crippen molar-refractivity contribution in [3.05, 3.63) is 87.6 Å². The van der Waals surface area contributed by atoms with Crippen molar-refractivity contribution in [3.8, 4) is 5.69 Å². The molecular weight excluding hydrogens is 388 g/mol. The summed E-state index contributed by atoms with van der Waals surface area (Å²) in [4.78, 5) is 26.4. The van der Waals surface area contributed by atoms with Gasteiger partial charge < -0.3 is 9.88 Å². The molecule has 0 fully saturated rings.